The Labute approximate surface area is 54.9 Å². The van der Waals surface area contributed by atoms with Crippen LogP contribution in [0.5, 0.6) is 0 Å². The van der Waals surface area contributed by atoms with E-state index in [1.807, 2.05) is 0 Å². The lowest BCUT2D eigenvalue weighted by molar-refractivity contribution is 0.447. The molecule has 1 atom stereocenters. The molecule has 0 radical (unpaired) electrons. The Morgan fingerprint density at radius 2 is 2.50 bits per heavy atom. The Morgan fingerprint density at radius 1 is 1.75 bits per heavy atom. The van der Waals surface area contributed by atoms with E-state index in [0.717, 1.165) is 5.75 Å². The summed E-state index contributed by atoms with van der Waals surface area (Å²) in [6, 6.07) is 0. The molecule has 0 bridgehead atoms. The molecule has 3 nitrogen and oxygen atoms in total. The lowest BCUT2D eigenvalue weighted by Gasteiger charge is -2.15. The maximum absolute atomic E-state index is 10.1. The van der Waals surface area contributed by atoms with Crippen LogP contribution in [0.4, 0.5) is 0 Å². The van der Waals surface area contributed by atoms with Gasteiger partial charge in [-0.3, -0.25) is 4.21 Å². The SMILES string of the molecule is O=S([O-])N1CCSC1. The predicted molar refractivity (Wildman–Crippen MR) is 33.0 cm³/mol. The summed E-state index contributed by atoms with van der Waals surface area (Å²) in [6.45, 7) is 0.681. The minimum atomic E-state index is -1.98. The molecule has 5 heteroatoms. The summed E-state index contributed by atoms with van der Waals surface area (Å²) in [4.78, 5) is 0. The molecule has 1 fully saturated rings. The molecule has 48 valence electrons. The fourth-order valence-corrected chi connectivity index (χ4v) is 2.25. The van der Waals surface area contributed by atoms with Crippen LogP contribution in [0, 0.1) is 0 Å². The summed E-state index contributed by atoms with van der Waals surface area (Å²) >= 11 is -0.335. The predicted octanol–water partition coefficient (Wildman–Crippen LogP) is -0.213. The van der Waals surface area contributed by atoms with Crippen LogP contribution >= 0.6 is 11.8 Å². The molecule has 0 N–H and O–H groups in total. The van der Waals surface area contributed by atoms with E-state index in [1.165, 1.54) is 4.31 Å². The van der Waals surface area contributed by atoms with Gasteiger partial charge in [-0.05, 0) is 0 Å². The van der Waals surface area contributed by atoms with Gasteiger partial charge in [0.25, 0.3) is 0 Å². The standard InChI is InChI=1S/C3H7NO2S2/c5-8(6)4-1-2-7-3-4/h1-3H2,(H,5,6)/p-1. The second-order valence-corrected chi connectivity index (χ2v) is 3.49. The Balaban J connectivity index is 2.35. The zero-order valence-corrected chi connectivity index (χ0v) is 5.83. The molecule has 0 aromatic carbocycles. The molecular weight excluding hydrogens is 146 g/mol. The third-order valence-corrected chi connectivity index (χ3v) is 2.79. The molecule has 1 aliphatic rings. The highest BCUT2D eigenvalue weighted by Crippen LogP contribution is 2.13. The van der Waals surface area contributed by atoms with Crippen molar-refractivity contribution < 1.29 is 8.76 Å². The van der Waals surface area contributed by atoms with Crippen molar-refractivity contribution in [3.05, 3.63) is 0 Å². The zero-order valence-electron chi connectivity index (χ0n) is 4.20. The molecule has 1 aliphatic heterocycles. The number of hydrogen-bond acceptors (Lipinski definition) is 3. The van der Waals surface area contributed by atoms with Crippen LogP contribution in [0.2, 0.25) is 0 Å². The van der Waals surface area contributed by atoms with Crippen molar-refractivity contribution in [2.24, 2.45) is 0 Å². The molecule has 0 amide bonds. The van der Waals surface area contributed by atoms with Crippen LogP contribution in [-0.4, -0.2) is 31.2 Å². The van der Waals surface area contributed by atoms with E-state index in [9.17, 15) is 8.76 Å². The molecule has 1 heterocycles. The lowest BCUT2D eigenvalue weighted by atomic mass is 10.8. The molecule has 8 heavy (non-hydrogen) atoms. The number of hydrogen-bond donors (Lipinski definition) is 0. The summed E-state index contributed by atoms with van der Waals surface area (Å²) in [5.41, 5.74) is 0. The molecule has 0 aromatic heterocycles. The second kappa shape index (κ2) is 2.82. The van der Waals surface area contributed by atoms with Gasteiger partial charge >= 0.3 is 0 Å². The van der Waals surface area contributed by atoms with Gasteiger partial charge in [-0.2, -0.15) is 0 Å². The first-order valence-corrected chi connectivity index (χ1v) is 4.41. The summed E-state index contributed by atoms with van der Waals surface area (Å²) in [5, 5.41) is 0. The monoisotopic (exact) mass is 152 g/mol. The van der Waals surface area contributed by atoms with Crippen LogP contribution < -0.4 is 0 Å². The van der Waals surface area contributed by atoms with E-state index >= 15 is 0 Å². The number of nitrogens with zero attached hydrogens (tertiary/aromatic N) is 1. The minimum Gasteiger partial charge on any atom is -0.760 e. The zero-order chi connectivity index (χ0) is 5.98. The highest BCUT2D eigenvalue weighted by atomic mass is 32.2. The smallest absolute Gasteiger partial charge is 0.0560 e. The summed E-state index contributed by atoms with van der Waals surface area (Å²) < 4.78 is 21.6. The Hall–Kier alpha value is 0.420. The van der Waals surface area contributed by atoms with Gasteiger partial charge in [-0.1, -0.05) is 0 Å². The molecule has 0 spiro atoms. The second-order valence-electron chi connectivity index (χ2n) is 1.46. The van der Waals surface area contributed by atoms with Gasteiger partial charge in [-0.15, -0.1) is 11.8 Å². The van der Waals surface area contributed by atoms with Crippen LogP contribution in [0.1, 0.15) is 0 Å². The van der Waals surface area contributed by atoms with Crippen LogP contribution in [0.25, 0.3) is 0 Å². The van der Waals surface area contributed by atoms with E-state index in [1.54, 1.807) is 11.8 Å². The molecule has 1 rings (SSSR count). The van der Waals surface area contributed by atoms with Gasteiger partial charge in [0.05, 0.1) is 5.88 Å². The summed E-state index contributed by atoms with van der Waals surface area (Å²) in [6.07, 6.45) is 0. The molecule has 0 aromatic rings. The van der Waals surface area contributed by atoms with Crippen molar-refractivity contribution in [3.8, 4) is 0 Å². The average Bonchev–Trinajstić information content (AvgIpc) is 2.12. The van der Waals surface area contributed by atoms with Gasteiger partial charge in [0.15, 0.2) is 0 Å². The van der Waals surface area contributed by atoms with E-state index in [2.05, 4.69) is 0 Å². The topological polar surface area (TPSA) is 43.4 Å². The fraction of sp³-hybridized carbons (Fsp3) is 1.00. The van der Waals surface area contributed by atoms with Gasteiger partial charge in [0.2, 0.25) is 0 Å². The Morgan fingerprint density at radius 3 is 2.75 bits per heavy atom. The van der Waals surface area contributed by atoms with Crippen LogP contribution in [0.3, 0.4) is 0 Å². The molecular formula is C3H6NO2S2-. The van der Waals surface area contributed by atoms with Crippen LogP contribution in [0.15, 0.2) is 0 Å². The van der Waals surface area contributed by atoms with Crippen molar-refractivity contribution in [1.82, 2.24) is 4.31 Å². The van der Waals surface area contributed by atoms with Crippen molar-refractivity contribution in [3.63, 3.8) is 0 Å². The summed E-state index contributed by atoms with van der Waals surface area (Å²) in [5.74, 6) is 1.57. The van der Waals surface area contributed by atoms with Gasteiger partial charge in [0.1, 0.15) is 0 Å². The largest absolute Gasteiger partial charge is 0.760 e. The van der Waals surface area contributed by atoms with Gasteiger partial charge < -0.3 is 4.55 Å². The van der Waals surface area contributed by atoms with Crippen LogP contribution in [-0.2, 0) is 11.3 Å². The normalized spacial score (nSPS) is 26.1. The van der Waals surface area contributed by atoms with Crippen molar-refractivity contribution in [2.75, 3.05) is 18.2 Å². The molecule has 1 unspecified atom stereocenters. The molecule has 1 saturated heterocycles. The van der Waals surface area contributed by atoms with E-state index in [0.29, 0.717) is 12.4 Å². The third kappa shape index (κ3) is 1.45. The number of rotatable bonds is 1. The van der Waals surface area contributed by atoms with E-state index in [4.69, 9.17) is 0 Å². The van der Waals surface area contributed by atoms with Crippen molar-refractivity contribution >= 4 is 23.0 Å². The van der Waals surface area contributed by atoms with E-state index < -0.39 is 11.3 Å². The molecule has 0 saturated carbocycles. The Kier molecular flexibility index (Phi) is 2.30. The first kappa shape index (κ1) is 6.54. The fourth-order valence-electron chi connectivity index (χ4n) is 0.515. The van der Waals surface area contributed by atoms with Crippen molar-refractivity contribution in [2.45, 2.75) is 0 Å². The number of thioether (sulfide) groups is 1. The summed E-state index contributed by atoms with van der Waals surface area (Å²) in [7, 11) is 0. The van der Waals surface area contributed by atoms with Gasteiger partial charge in [0, 0.05) is 23.6 Å². The highest BCUT2D eigenvalue weighted by Gasteiger charge is 2.10. The van der Waals surface area contributed by atoms with Gasteiger partial charge in [-0.25, -0.2) is 4.31 Å². The Bertz CT molecular complexity index is 101. The maximum atomic E-state index is 10.1. The molecule has 0 aliphatic carbocycles. The van der Waals surface area contributed by atoms with E-state index in [-0.39, 0.29) is 0 Å². The maximum Gasteiger partial charge on any atom is 0.0560 e. The van der Waals surface area contributed by atoms with Crippen molar-refractivity contribution in [1.29, 1.82) is 0 Å². The minimum absolute atomic E-state index is 0.635. The third-order valence-electron chi connectivity index (χ3n) is 0.931. The first-order chi connectivity index (χ1) is 3.80. The average molecular weight is 152 g/mol. The highest BCUT2D eigenvalue weighted by molar-refractivity contribution is 8.00. The lowest BCUT2D eigenvalue weighted by Crippen LogP contribution is -2.21. The first-order valence-electron chi connectivity index (χ1n) is 2.23. The quantitative estimate of drug-likeness (QED) is 0.488.